The van der Waals surface area contributed by atoms with Gasteiger partial charge >= 0.3 is 6.18 Å². The van der Waals surface area contributed by atoms with Crippen LogP contribution in [0.2, 0.25) is 0 Å². The first-order valence-electron chi connectivity index (χ1n) is 12.5. The second-order valence-electron chi connectivity index (χ2n) is 9.49. The zero-order chi connectivity index (χ0) is 37.6. The molecule has 3 aromatic rings. The molecule has 1 saturated carbocycles. The Hall–Kier alpha value is -7.46. The first kappa shape index (κ1) is 35.4. The highest BCUT2D eigenvalue weighted by Crippen LogP contribution is 2.58. The van der Waals surface area contributed by atoms with Crippen LogP contribution >= 0.6 is 0 Å². The van der Waals surface area contributed by atoms with Crippen molar-refractivity contribution >= 4 is 16.7 Å². The third-order valence-corrected chi connectivity index (χ3v) is 6.97. The van der Waals surface area contributed by atoms with E-state index in [1.807, 2.05) is 0 Å². The molecule has 0 saturated heterocycles. The van der Waals surface area contributed by atoms with Gasteiger partial charge < -0.3 is 0 Å². The molecule has 0 heterocycles. The molecule has 1 aliphatic rings. The lowest BCUT2D eigenvalue weighted by atomic mass is 9.91. The summed E-state index contributed by atoms with van der Waals surface area (Å²) in [5, 5.41) is 66.5. The van der Waals surface area contributed by atoms with Crippen molar-refractivity contribution < 1.29 is 48.3 Å². The molecule has 1 aliphatic carbocycles. The molecule has 0 N–H and O–H groups in total. The van der Waals surface area contributed by atoms with Gasteiger partial charge in [-0.1, -0.05) is 0 Å². The molecule has 0 radical (unpaired) electrons. The fourth-order valence-corrected chi connectivity index (χ4v) is 4.83. The van der Waals surface area contributed by atoms with E-state index in [2.05, 4.69) is 0 Å². The smallest absolute Gasteiger partial charge is 0.203 e. The van der Waals surface area contributed by atoms with Crippen LogP contribution in [0.25, 0.3) is 16.7 Å². The van der Waals surface area contributed by atoms with E-state index in [1.165, 1.54) is 18.2 Å². The second kappa shape index (κ2) is 12.6. The van der Waals surface area contributed by atoms with Crippen molar-refractivity contribution in [3.8, 4) is 42.5 Å². The lowest BCUT2D eigenvalue weighted by molar-refractivity contribution is -0.137. The van der Waals surface area contributed by atoms with E-state index < -0.39 is 131 Å². The molecule has 3 aromatic carbocycles. The van der Waals surface area contributed by atoms with Gasteiger partial charge in [-0.2, -0.15) is 50.0 Å². The summed E-state index contributed by atoms with van der Waals surface area (Å²) in [6, 6.07) is 8.01. The van der Waals surface area contributed by atoms with Crippen LogP contribution in [-0.4, -0.2) is 0 Å². The molecule has 0 spiro atoms. The summed E-state index contributed by atoms with van der Waals surface area (Å²) in [7, 11) is 0. The number of allylic oxidation sites excluding steroid dienone is 6. The lowest BCUT2D eigenvalue weighted by Crippen LogP contribution is -2.11. The number of rotatable bonds is 3. The van der Waals surface area contributed by atoms with E-state index >= 15 is 17.6 Å². The maximum absolute atomic E-state index is 15.2. The SMILES string of the molecule is N#CC(=C1C(=C(\C#N)c2c(C#N)cc(C#N)cc2C(F)(F)F)/C1=C(\C#N)c1c(F)c(F)c(C#N)c(F)c1F)c1c(F)c(F)c(C#N)c(F)c1F. The largest absolute Gasteiger partial charge is 0.417 e. The van der Waals surface area contributed by atoms with Gasteiger partial charge in [0.1, 0.15) is 41.5 Å². The summed E-state index contributed by atoms with van der Waals surface area (Å²) < 4.78 is 162. The number of benzene rings is 3. The normalized spacial score (nSPS) is 14.9. The summed E-state index contributed by atoms with van der Waals surface area (Å²) >= 11 is 0. The molecule has 0 amide bonds. The van der Waals surface area contributed by atoms with Gasteiger partial charge in [0.25, 0.3) is 0 Å². The number of hydrogen-bond acceptors (Lipinski definition) is 7. The monoisotopic (exact) mass is 693 g/mol. The highest BCUT2D eigenvalue weighted by Gasteiger charge is 2.47. The zero-order valence-corrected chi connectivity index (χ0v) is 23.4. The van der Waals surface area contributed by atoms with Crippen LogP contribution in [0, 0.1) is 126 Å². The number of alkyl halides is 3. The molecule has 0 aliphatic heterocycles. The average Bonchev–Trinajstić information content (AvgIpc) is 3.80. The van der Waals surface area contributed by atoms with Crippen molar-refractivity contribution in [1.29, 1.82) is 36.8 Å². The maximum atomic E-state index is 15.2. The van der Waals surface area contributed by atoms with E-state index in [0.717, 1.165) is 24.3 Å². The van der Waals surface area contributed by atoms with Crippen molar-refractivity contribution in [3.63, 3.8) is 0 Å². The molecule has 50 heavy (non-hydrogen) atoms. The molecular formula is C32H2F11N7. The Morgan fingerprint density at radius 2 is 0.780 bits per heavy atom. The Kier molecular flexibility index (Phi) is 8.94. The predicted octanol–water partition coefficient (Wildman–Crippen LogP) is 7.55. The van der Waals surface area contributed by atoms with E-state index in [1.54, 1.807) is 0 Å². The average molecular weight is 693 g/mol. The predicted molar refractivity (Wildman–Crippen MR) is 140 cm³/mol. The molecule has 0 atom stereocenters. The number of hydrogen-bond donors (Lipinski definition) is 0. The van der Waals surface area contributed by atoms with Gasteiger partial charge in [0.05, 0.1) is 56.7 Å². The lowest BCUT2D eigenvalue weighted by Gasteiger charge is -2.14. The molecule has 1 fully saturated rings. The van der Waals surface area contributed by atoms with Crippen molar-refractivity contribution in [3.05, 3.63) is 120 Å². The molecule has 18 heteroatoms. The standard InChI is InChI=1S/C32H2F11N7/c33-24-15(8-49)25(34)29(38)22(28(24)37)13(6-47)20-19(12(5-46)18-11(4-45)1-10(3-44)2-17(18)32(41,42)43)21(20)14(7-48)23-30(39)26(35)16(9-50)27(36)31(23)40/h1-2H/b19-12-,20-13?,21-14-. The summed E-state index contributed by atoms with van der Waals surface area (Å²) in [5.74, 6) is -19.6. The van der Waals surface area contributed by atoms with Crippen LogP contribution in [0.15, 0.2) is 28.9 Å². The van der Waals surface area contributed by atoms with Gasteiger partial charge in [0, 0.05) is 22.3 Å². The Labute approximate surface area is 270 Å². The highest BCUT2D eigenvalue weighted by molar-refractivity contribution is 6.12. The molecule has 0 bridgehead atoms. The van der Waals surface area contributed by atoms with Gasteiger partial charge in [-0.3, -0.25) is 0 Å². The molecule has 4 rings (SSSR count). The number of halogens is 11. The Bertz CT molecular complexity index is 2350. The van der Waals surface area contributed by atoms with Crippen LogP contribution in [-0.2, 0) is 6.18 Å². The third kappa shape index (κ3) is 5.19. The number of nitrogens with zero attached hydrogens (tertiary/aromatic N) is 7. The van der Waals surface area contributed by atoms with E-state index in [4.69, 9.17) is 10.5 Å². The molecular weight excluding hydrogens is 691 g/mol. The Morgan fingerprint density at radius 1 is 0.440 bits per heavy atom. The highest BCUT2D eigenvalue weighted by atomic mass is 19.4. The van der Waals surface area contributed by atoms with Gasteiger partial charge in [-0.25, -0.2) is 35.1 Å². The summed E-state index contributed by atoms with van der Waals surface area (Å²) in [6.07, 6.45) is -5.54. The first-order valence-corrected chi connectivity index (χ1v) is 12.5. The Balaban J connectivity index is 2.41. The minimum Gasteiger partial charge on any atom is -0.203 e. The van der Waals surface area contributed by atoms with E-state index in [9.17, 15) is 57.0 Å². The topological polar surface area (TPSA) is 167 Å². The van der Waals surface area contributed by atoms with Gasteiger partial charge in [-0.15, -0.1) is 0 Å². The van der Waals surface area contributed by atoms with Crippen LogP contribution in [0.5, 0.6) is 0 Å². The van der Waals surface area contributed by atoms with Gasteiger partial charge in [-0.05, 0) is 12.1 Å². The van der Waals surface area contributed by atoms with Crippen molar-refractivity contribution in [2.24, 2.45) is 0 Å². The number of nitriles is 7. The molecule has 242 valence electrons. The van der Waals surface area contributed by atoms with Crippen LogP contribution in [0.3, 0.4) is 0 Å². The van der Waals surface area contributed by atoms with E-state index in [-0.39, 0.29) is 6.07 Å². The third-order valence-electron chi connectivity index (χ3n) is 6.97. The van der Waals surface area contributed by atoms with Gasteiger partial charge in [0.15, 0.2) is 46.5 Å². The van der Waals surface area contributed by atoms with Crippen molar-refractivity contribution in [2.45, 2.75) is 6.18 Å². The zero-order valence-electron chi connectivity index (χ0n) is 23.4. The second-order valence-corrected chi connectivity index (χ2v) is 9.49. The summed E-state index contributed by atoms with van der Waals surface area (Å²) in [6.45, 7) is 0. The maximum Gasteiger partial charge on any atom is 0.417 e. The van der Waals surface area contributed by atoms with Crippen LogP contribution < -0.4 is 0 Å². The summed E-state index contributed by atoms with van der Waals surface area (Å²) in [4.78, 5) is 0. The molecule has 7 nitrogen and oxygen atoms in total. The fourth-order valence-electron chi connectivity index (χ4n) is 4.83. The minimum atomic E-state index is -5.54. The first-order chi connectivity index (χ1) is 23.5. The van der Waals surface area contributed by atoms with Crippen LogP contribution in [0.1, 0.15) is 44.5 Å². The Morgan fingerprint density at radius 3 is 1.04 bits per heavy atom. The van der Waals surface area contributed by atoms with E-state index in [0.29, 0.717) is 6.07 Å². The fraction of sp³-hybridized carbons (Fsp3) is 0.0312. The van der Waals surface area contributed by atoms with Gasteiger partial charge in [0.2, 0.25) is 0 Å². The quantitative estimate of drug-likeness (QED) is 0.155. The summed E-state index contributed by atoms with van der Waals surface area (Å²) in [5.41, 5.74) is -21.9. The van der Waals surface area contributed by atoms with Crippen LogP contribution in [0.4, 0.5) is 48.3 Å². The van der Waals surface area contributed by atoms with Crippen molar-refractivity contribution in [1.82, 2.24) is 0 Å². The minimum absolute atomic E-state index is 0.120. The molecule has 0 unspecified atom stereocenters. The molecule has 0 aromatic heterocycles. The van der Waals surface area contributed by atoms with Crippen molar-refractivity contribution in [2.75, 3.05) is 0 Å².